The minimum absolute atomic E-state index is 0. The summed E-state index contributed by atoms with van der Waals surface area (Å²) in [5, 5.41) is 0. The summed E-state index contributed by atoms with van der Waals surface area (Å²) >= 11 is 0. The van der Waals surface area contributed by atoms with Crippen LogP contribution in [0.2, 0.25) is 0 Å². The van der Waals surface area contributed by atoms with Crippen LogP contribution in [0.15, 0.2) is 0 Å². The van der Waals surface area contributed by atoms with E-state index in [1.54, 1.807) is 0 Å². The van der Waals surface area contributed by atoms with Crippen LogP contribution in [0.3, 0.4) is 0 Å². The summed E-state index contributed by atoms with van der Waals surface area (Å²) in [5.74, 6) is 0. The second-order valence-corrected chi connectivity index (χ2v) is 10.7. The number of hydrogen-bond donors (Lipinski definition) is 0. The smallest absolute Gasteiger partial charge is 2.00 e. The third-order valence-electron chi connectivity index (χ3n) is 1.41. The molecule has 0 bridgehead atoms. The standard InChI is InChI=1S/2C3H8O3P.3Zn/c2*1-3-7(2,4,5)6;;;/h2*3H2,1-2H3;;;/q2*-3;3*+2. The maximum absolute atomic E-state index is 10.1. The summed E-state index contributed by atoms with van der Waals surface area (Å²) < 4.78 is 0. The fourth-order valence-electron chi connectivity index (χ4n) is 0. The first-order valence-electron chi connectivity index (χ1n) is 4.04. The third-order valence-corrected chi connectivity index (χ3v) is 4.22. The van der Waals surface area contributed by atoms with Crippen molar-refractivity contribution in [3.8, 4) is 0 Å². The zero-order chi connectivity index (χ0) is 12.3. The van der Waals surface area contributed by atoms with E-state index in [0.29, 0.717) is 0 Å². The monoisotopic (exact) mass is 438 g/mol. The van der Waals surface area contributed by atoms with E-state index in [1.165, 1.54) is 13.8 Å². The van der Waals surface area contributed by atoms with Gasteiger partial charge in [-0.15, -0.1) is 0 Å². The third kappa shape index (κ3) is 45.7. The fraction of sp³-hybridized carbons (Fsp3) is 1.00. The molecule has 11 heteroatoms. The summed E-state index contributed by atoms with van der Waals surface area (Å²) in [6, 6.07) is 0. The minimum Gasteiger partial charge on any atom is 2.00 e. The van der Waals surface area contributed by atoms with Crippen molar-refractivity contribution in [2.45, 2.75) is 13.8 Å². The zero-order valence-corrected chi connectivity index (χ0v) is 21.6. The molecule has 0 aliphatic rings. The Morgan fingerprint density at radius 2 is 0.647 bits per heavy atom. The topological polar surface area (TPSA) is 138 Å². The van der Waals surface area contributed by atoms with Crippen LogP contribution in [-0.4, -0.2) is 25.7 Å². The number of rotatable bonds is 2. The van der Waals surface area contributed by atoms with Gasteiger partial charge in [0.1, 0.15) is 0 Å². The normalized spacial score (nSPS) is 14.9. The molecule has 0 heterocycles. The van der Waals surface area contributed by atoms with Crippen molar-refractivity contribution in [2.75, 3.05) is 25.7 Å². The molecule has 0 aliphatic heterocycles. The average molecular weight is 442 g/mol. The molecule has 0 aliphatic carbocycles. The minimum atomic E-state index is -4.83. The molecular formula is C6H16O6P2Zn3. The SMILES string of the molecule is CCP(C)([O-])([O-])[O-].CCP(C)([O-])([O-])[O-].[Zn+2].[Zn+2].[Zn+2]. The zero-order valence-electron chi connectivity index (χ0n) is 10.9. The predicted octanol–water partition coefficient (Wildman–Crippen LogP) is -3.98. The Morgan fingerprint density at radius 3 is 0.647 bits per heavy atom. The van der Waals surface area contributed by atoms with Gasteiger partial charge in [0.25, 0.3) is 0 Å². The van der Waals surface area contributed by atoms with Crippen molar-refractivity contribution >= 4 is 14.6 Å². The summed E-state index contributed by atoms with van der Waals surface area (Å²) in [7, 11) is -9.65. The van der Waals surface area contributed by atoms with Crippen LogP contribution in [0.25, 0.3) is 0 Å². The van der Waals surface area contributed by atoms with Crippen LogP contribution in [0, 0.1) is 0 Å². The fourth-order valence-corrected chi connectivity index (χ4v) is 0. The molecular weight excluding hydrogens is 426 g/mol. The van der Waals surface area contributed by atoms with E-state index >= 15 is 0 Å². The predicted molar refractivity (Wildman–Crippen MR) is 46.8 cm³/mol. The van der Waals surface area contributed by atoms with Gasteiger partial charge in [-0.05, 0) is 0 Å². The first-order chi connectivity index (χ1) is 5.62. The molecule has 0 aromatic carbocycles. The average Bonchev–Trinajstić information content (AvgIpc) is 1.83. The Morgan fingerprint density at radius 1 is 0.588 bits per heavy atom. The van der Waals surface area contributed by atoms with Crippen LogP contribution < -0.4 is 29.4 Å². The summed E-state index contributed by atoms with van der Waals surface area (Å²) in [4.78, 5) is 60.4. The summed E-state index contributed by atoms with van der Waals surface area (Å²) in [5.41, 5.74) is 0. The van der Waals surface area contributed by atoms with Gasteiger partial charge in [-0.1, -0.05) is 0 Å². The molecule has 6 nitrogen and oxygen atoms in total. The Kier molecular flexibility index (Phi) is 17.6. The van der Waals surface area contributed by atoms with Crippen molar-refractivity contribution in [1.29, 1.82) is 0 Å². The Bertz CT molecular complexity index is 159. The van der Waals surface area contributed by atoms with E-state index < -0.39 is 14.6 Å². The van der Waals surface area contributed by atoms with E-state index in [2.05, 4.69) is 0 Å². The van der Waals surface area contributed by atoms with Crippen LogP contribution in [0.5, 0.6) is 0 Å². The van der Waals surface area contributed by atoms with Crippen molar-refractivity contribution in [2.24, 2.45) is 0 Å². The Balaban J connectivity index is -0.0000000480. The van der Waals surface area contributed by atoms with E-state index in [1.807, 2.05) is 0 Å². The van der Waals surface area contributed by atoms with Gasteiger partial charge in [0.2, 0.25) is 0 Å². The Labute approximate surface area is 141 Å². The summed E-state index contributed by atoms with van der Waals surface area (Å²) in [6.45, 7) is 4.13. The van der Waals surface area contributed by atoms with Gasteiger partial charge in [0.05, 0.1) is 0 Å². The van der Waals surface area contributed by atoms with E-state index in [4.69, 9.17) is 0 Å². The molecule has 17 heavy (non-hydrogen) atoms. The maximum Gasteiger partial charge on any atom is 2.00 e. The van der Waals surface area contributed by atoms with Crippen molar-refractivity contribution < 1.29 is 87.8 Å². The molecule has 0 aromatic rings. The summed E-state index contributed by atoms with van der Waals surface area (Å²) in [6.07, 6.45) is -0.600. The molecule has 0 N–H and O–H groups in total. The van der Waals surface area contributed by atoms with Crippen molar-refractivity contribution in [3.63, 3.8) is 0 Å². The molecule has 0 spiro atoms. The van der Waals surface area contributed by atoms with Crippen molar-refractivity contribution in [1.82, 2.24) is 0 Å². The number of hydrogen-bond acceptors (Lipinski definition) is 6. The molecule has 0 rings (SSSR count). The molecule has 0 aromatic heterocycles. The molecule has 0 saturated heterocycles. The van der Waals surface area contributed by atoms with E-state index in [0.717, 1.165) is 13.3 Å². The largest absolute Gasteiger partial charge is 2.00 e. The van der Waals surface area contributed by atoms with Gasteiger partial charge < -0.3 is 0 Å². The van der Waals surface area contributed by atoms with E-state index in [9.17, 15) is 29.4 Å². The van der Waals surface area contributed by atoms with Gasteiger partial charge in [0, 0.05) is 0 Å². The molecule has 0 unspecified atom stereocenters. The van der Waals surface area contributed by atoms with Crippen LogP contribution in [-0.2, 0) is 58.4 Å². The van der Waals surface area contributed by atoms with Gasteiger partial charge in [-0.3, -0.25) is 0 Å². The maximum atomic E-state index is 10.1. The molecule has 0 atom stereocenters. The van der Waals surface area contributed by atoms with Gasteiger partial charge >= 0.3 is 142 Å². The van der Waals surface area contributed by atoms with E-state index in [-0.39, 0.29) is 70.8 Å². The second-order valence-electron chi connectivity index (χ2n) is 3.58. The first-order valence-corrected chi connectivity index (χ1v) is 9.28. The van der Waals surface area contributed by atoms with Crippen LogP contribution >= 0.6 is 14.6 Å². The van der Waals surface area contributed by atoms with Crippen LogP contribution in [0.4, 0.5) is 0 Å². The first kappa shape index (κ1) is 31.7. The van der Waals surface area contributed by atoms with Crippen molar-refractivity contribution in [3.05, 3.63) is 0 Å². The molecule has 92 valence electrons. The van der Waals surface area contributed by atoms with Gasteiger partial charge in [-0.2, -0.15) is 0 Å². The second kappa shape index (κ2) is 9.43. The quantitative estimate of drug-likeness (QED) is 0.316. The Hall–Kier alpha value is 2.49. The van der Waals surface area contributed by atoms with Gasteiger partial charge in [-0.25, -0.2) is 0 Å². The van der Waals surface area contributed by atoms with Crippen LogP contribution in [0.1, 0.15) is 13.8 Å². The van der Waals surface area contributed by atoms with Gasteiger partial charge in [0.15, 0.2) is 0 Å². The molecule has 0 saturated carbocycles. The molecule has 0 fully saturated rings. The molecule has 0 radical (unpaired) electrons. The molecule has 0 amide bonds.